The van der Waals surface area contributed by atoms with Crippen LogP contribution < -0.4 is 15.5 Å². The summed E-state index contributed by atoms with van der Waals surface area (Å²) in [5, 5.41) is 6.27. The Morgan fingerprint density at radius 2 is 1.76 bits per heavy atom. The molecule has 1 aliphatic heterocycles. The monoisotopic (exact) mass is 337 g/mol. The maximum absolute atomic E-state index is 12.3. The third-order valence-electron chi connectivity index (χ3n) is 4.83. The van der Waals surface area contributed by atoms with Gasteiger partial charge < -0.3 is 15.5 Å². The second-order valence-corrected chi connectivity index (χ2v) is 6.77. The Bertz CT molecular complexity index is 736. The topological polar surface area (TPSA) is 44.4 Å². The second-order valence-electron chi connectivity index (χ2n) is 6.77. The molecular weight excluding hydrogens is 310 g/mol. The van der Waals surface area contributed by atoms with Crippen molar-refractivity contribution >= 4 is 23.0 Å². The normalized spacial score (nSPS) is 14.2. The molecule has 4 nitrogen and oxygen atoms in total. The Labute approximate surface area is 150 Å². The third kappa shape index (κ3) is 4.53. The van der Waals surface area contributed by atoms with E-state index in [2.05, 4.69) is 41.5 Å². The molecule has 1 heterocycles. The maximum Gasteiger partial charge on any atom is 0.243 e. The van der Waals surface area contributed by atoms with Gasteiger partial charge in [0.1, 0.15) is 0 Å². The Balaban J connectivity index is 1.61. The van der Waals surface area contributed by atoms with Crippen molar-refractivity contribution in [2.24, 2.45) is 0 Å². The highest BCUT2D eigenvalue weighted by molar-refractivity contribution is 5.94. The molecule has 0 aromatic heterocycles. The van der Waals surface area contributed by atoms with Gasteiger partial charge in [0.25, 0.3) is 0 Å². The van der Waals surface area contributed by atoms with Gasteiger partial charge in [0.15, 0.2) is 0 Å². The number of para-hydroxylation sites is 2. The fourth-order valence-electron chi connectivity index (χ4n) is 3.23. The molecule has 25 heavy (non-hydrogen) atoms. The van der Waals surface area contributed by atoms with Gasteiger partial charge in [0.05, 0.1) is 17.9 Å². The molecule has 0 bridgehead atoms. The number of aryl methyl sites for hydroxylation is 2. The zero-order valence-electron chi connectivity index (χ0n) is 15.1. The molecule has 1 aliphatic rings. The first-order chi connectivity index (χ1) is 12.1. The summed E-state index contributed by atoms with van der Waals surface area (Å²) >= 11 is 0. The van der Waals surface area contributed by atoms with Crippen LogP contribution in [0.5, 0.6) is 0 Å². The minimum Gasteiger partial charge on any atom is -0.374 e. The molecule has 0 unspecified atom stereocenters. The molecule has 0 aliphatic carbocycles. The number of nitrogens with zero attached hydrogens (tertiary/aromatic N) is 1. The van der Waals surface area contributed by atoms with Crippen LogP contribution in [0.15, 0.2) is 42.5 Å². The zero-order valence-corrected chi connectivity index (χ0v) is 15.1. The molecule has 0 atom stereocenters. The average Bonchev–Trinajstić information content (AvgIpc) is 2.64. The number of anilines is 3. The van der Waals surface area contributed by atoms with E-state index in [1.54, 1.807) is 0 Å². The summed E-state index contributed by atoms with van der Waals surface area (Å²) in [6.07, 6.45) is 3.79. The smallest absolute Gasteiger partial charge is 0.243 e. The van der Waals surface area contributed by atoms with Crippen molar-refractivity contribution in [3.63, 3.8) is 0 Å². The van der Waals surface area contributed by atoms with Gasteiger partial charge in [0.2, 0.25) is 5.91 Å². The summed E-state index contributed by atoms with van der Waals surface area (Å²) in [6.45, 7) is 6.57. The predicted octanol–water partition coefficient (Wildman–Crippen LogP) is 4.34. The van der Waals surface area contributed by atoms with Crippen molar-refractivity contribution in [3.05, 3.63) is 53.6 Å². The molecule has 1 amide bonds. The predicted molar refractivity (Wildman–Crippen MR) is 106 cm³/mol. The highest BCUT2D eigenvalue weighted by Crippen LogP contribution is 2.28. The fraction of sp³-hybridized carbons (Fsp3) is 0.381. The van der Waals surface area contributed by atoms with Gasteiger partial charge in [-0.3, -0.25) is 4.79 Å². The number of carbonyl (C=O) groups is 1. The summed E-state index contributed by atoms with van der Waals surface area (Å²) in [4.78, 5) is 14.7. The molecule has 2 aromatic carbocycles. The third-order valence-corrected chi connectivity index (χ3v) is 4.83. The van der Waals surface area contributed by atoms with E-state index in [0.29, 0.717) is 0 Å². The molecule has 0 saturated carbocycles. The Morgan fingerprint density at radius 3 is 2.52 bits per heavy atom. The van der Waals surface area contributed by atoms with Crippen LogP contribution in [0.2, 0.25) is 0 Å². The number of hydrogen-bond donors (Lipinski definition) is 2. The van der Waals surface area contributed by atoms with Crippen molar-refractivity contribution in [1.29, 1.82) is 0 Å². The summed E-state index contributed by atoms with van der Waals surface area (Å²) in [5.74, 6) is -0.0308. The van der Waals surface area contributed by atoms with Crippen LogP contribution in [0, 0.1) is 13.8 Å². The van der Waals surface area contributed by atoms with Gasteiger partial charge in [0, 0.05) is 18.8 Å². The van der Waals surface area contributed by atoms with Crippen LogP contribution in [0.3, 0.4) is 0 Å². The van der Waals surface area contributed by atoms with Crippen LogP contribution in [0.4, 0.5) is 17.1 Å². The van der Waals surface area contributed by atoms with Crippen molar-refractivity contribution < 1.29 is 4.79 Å². The van der Waals surface area contributed by atoms with Crippen molar-refractivity contribution in [3.8, 4) is 0 Å². The van der Waals surface area contributed by atoms with Gasteiger partial charge >= 0.3 is 0 Å². The largest absolute Gasteiger partial charge is 0.374 e. The lowest BCUT2D eigenvalue weighted by Gasteiger charge is -2.30. The number of amides is 1. The summed E-state index contributed by atoms with van der Waals surface area (Å²) in [5.41, 5.74) is 5.48. The molecule has 2 N–H and O–H groups in total. The summed E-state index contributed by atoms with van der Waals surface area (Å²) < 4.78 is 0. The molecule has 132 valence electrons. The first-order valence-corrected chi connectivity index (χ1v) is 9.08. The minimum absolute atomic E-state index is 0.0308. The lowest BCUT2D eigenvalue weighted by Crippen LogP contribution is -2.30. The van der Waals surface area contributed by atoms with Gasteiger partial charge in [-0.25, -0.2) is 0 Å². The van der Waals surface area contributed by atoms with Crippen LogP contribution in [0.25, 0.3) is 0 Å². The van der Waals surface area contributed by atoms with E-state index in [1.165, 1.54) is 36.1 Å². The number of carbonyl (C=O) groups excluding carboxylic acids is 1. The van der Waals surface area contributed by atoms with E-state index >= 15 is 0 Å². The molecule has 3 rings (SSSR count). The van der Waals surface area contributed by atoms with E-state index in [9.17, 15) is 4.79 Å². The van der Waals surface area contributed by atoms with Gasteiger partial charge in [-0.05, 0) is 68.5 Å². The Hall–Kier alpha value is -2.49. The second kappa shape index (κ2) is 8.06. The highest BCUT2D eigenvalue weighted by Gasteiger charge is 2.14. The summed E-state index contributed by atoms with van der Waals surface area (Å²) in [7, 11) is 0. The van der Waals surface area contributed by atoms with Crippen molar-refractivity contribution in [1.82, 2.24) is 0 Å². The number of hydrogen-bond acceptors (Lipinski definition) is 3. The standard InChI is InChI=1S/C21H27N3O/c1-16-10-11-18(14-17(16)2)23-21(25)15-22-19-8-4-5-9-20(19)24-12-6-3-7-13-24/h4-5,8-11,14,22H,3,6-7,12-13,15H2,1-2H3,(H,23,25). The van der Waals surface area contributed by atoms with E-state index in [-0.39, 0.29) is 12.5 Å². The first-order valence-electron chi connectivity index (χ1n) is 9.08. The van der Waals surface area contributed by atoms with Crippen molar-refractivity contribution in [2.45, 2.75) is 33.1 Å². The van der Waals surface area contributed by atoms with E-state index in [4.69, 9.17) is 0 Å². The van der Waals surface area contributed by atoms with Gasteiger partial charge in [-0.1, -0.05) is 18.2 Å². The molecule has 1 fully saturated rings. The molecular formula is C21H27N3O. The van der Waals surface area contributed by atoms with Crippen LogP contribution in [-0.4, -0.2) is 25.5 Å². The average molecular weight is 337 g/mol. The van der Waals surface area contributed by atoms with E-state index in [1.807, 2.05) is 30.3 Å². The minimum atomic E-state index is -0.0308. The SMILES string of the molecule is Cc1ccc(NC(=O)CNc2ccccc2N2CCCCC2)cc1C. The Morgan fingerprint density at radius 1 is 1.00 bits per heavy atom. The number of benzene rings is 2. The number of nitrogens with one attached hydrogen (secondary N) is 2. The number of rotatable bonds is 5. The zero-order chi connectivity index (χ0) is 17.6. The fourth-order valence-corrected chi connectivity index (χ4v) is 3.23. The van der Waals surface area contributed by atoms with E-state index in [0.717, 1.165) is 24.5 Å². The molecule has 4 heteroatoms. The highest BCUT2D eigenvalue weighted by atomic mass is 16.1. The van der Waals surface area contributed by atoms with Crippen molar-refractivity contribution in [2.75, 3.05) is 35.2 Å². The maximum atomic E-state index is 12.3. The van der Waals surface area contributed by atoms with Crippen LogP contribution in [0.1, 0.15) is 30.4 Å². The molecule has 0 radical (unpaired) electrons. The lowest BCUT2D eigenvalue weighted by atomic mass is 10.1. The number of piperidine rings is 1. The molecule has 1 saturated heterocycles. The Kier molecular flexibility index (Phi) is 5.59. The first kappa shape index (κ1) is 17.3. The van der Waals surface area contributed by atoms with Crippen LogP contribution >= 0.6 is 0 Å². The van der Waals surface area contributed by atoms with Crippen LogP contribution in [-0.2, 0) is 4.79 Å². The van der Waals surface area contributed by atoms with E-state index < -0.39 is 0 Å². The quantitative estimate of drug-likeness (QED) is 0.853. The molecule has 0 spiro atoms. The molecule has 2 aromatic rings. The van der Waals surface area contributed by atoms with Gasteiger partial charge in [-0.15, -0.1) is 0 Å². The lowest BCUT2D eigenvalue weighted by molar-refractivity contribution is -0.114. The summed E-state index contributed by atoms with van der Waals surface area (Å²) in [6, 6.07) is 14.2. The van der Waals surface area contributed by atoms with Gasteiger partial charge in [-0.2, -0.15) is 0 Å².